The van der Waals surface area contributed by atoms with E-state index in [0.29, 0.717) is 17.9 Å². The van der Waals surface area contributed by atoms with Gasteiger partial charge in [0.2, 0.25) is 0 Å². The Balaban J connectivity index is 1.61. The van der Waals surface area contributed by atoms with Crippen molar-refractivity contribution >= 4 is 11.6 Å². The van der Waals surface area contributed by atoms with Gasteiger partial charge in [-0.1, -0.05) is 54.1 Å². The molecule has 0 atom stereocenters. The monoisotopic (exact) mass is 345 g/mol. The average Bonchev–Trinajstić information content (AvgIpc) is 2.65. The minimum atomic E-state index is -0.134. The van der Waals surface area contributed by atoms with Gasteiger partial charge in [-0.05, 0) is 49.2 Å². The van der Waals surface area contributed by atoms with Crippen molar-refractivity contribution in [3.63, 3.8) is 0 Å². The molecule has 3 rings (SSSR count). The van der Waals surface area contributed by atoms with Gasteiger partial charge in [-0.2, -0.15) is 0 Å². The quantitative estimate of drug-likeness (QED) is 0.669. The summed E-state index contributed by atoms with van der Waals surface area (Å²) in [5, 5.41) is 2.97. The van der Waals surface area contributed by atoms with E-state index in [4.69, 9.17) is 4.74 Å². The van der Waals surface area contributed by atoms with Crippen LogP contribution in [0.1, 0.15) is 27.0 Å². The number of rotatable bonds is 6. The van der Waals surface area contributed by atoms with E-state index in [2.05, 4.69) is 23.5 Å². The van der Waals surface area contributed by atoms with Gasteiger partial charge in [-0.15, -0.1) is 0 Å². The minimum absolute atomic E-state index is 0.134. The van der Waals surface area contributed by atoms with E-state index in [1.54, 1.807) is 12.1 Å². The zero-order chi connectivity index (χ0) is 18.4. The third kappa shape index (κ3) is 4.73. The van der Waals surface area contributed by atoms with E-state index in [9.17, 15) is 4.79 Å². The number of carbonyl (C=O) groups is 1. The fourth-order valence-electron chi connectivity index (χ4n) is 2.81. The van der Waals surface area contributed by atoms with Crippen LogP contribution in [0.15, 0.2) is 72.8 Å². The van der Waals surface area contributed by atoms with Crippen molar-refractivity contribution in [3.8, 4) is 5.75 Å². The largest absolute Gasteiger partial charge is 0.493 e. The molecule has 26 heavy (non-hydrogen) atoms. The second-order valence-electron chi connectivity index (χ2n) is 6.38. The molecule has 0 radical (unpaired) electrons. The molecule has 0 aliphatic carbocycles. The molecule has 0 saturated heterocycles. The van der Waals surface area contributed by atoms with Crippen LogP contribution < -0.4 is 10.1 Å². The molecule has 0 spiro atoms. The van der Waals surface area contributed by atoms with Crippen molar-refractivity contribution in [3.05, 3.63) is 95.1 Å². The summed E-state index contributed by atoms with van der Waals surface area (Å²) in [6.45, 7) is 4.60. The summed E-state index contributed by atoms with van der Waals surface area (Å²) < 4.78 is 5.81. The first-order valence-corrected chi connectivity index (χ1v) is 8.77. The molecule has 0 unspecified atom stereocenters. The van der Waals surface area contributed by atoms with Crippen LogP contribution in [-0.2, 0) is 6.42 Å². The zero-order valence-corrected chi connectivity index (χ0v) is 15.2. The lowest BCUT2D eigenvalue weighted by molar-refractivity contribution is 0.102. The predicted molar refractivity (Wildman–Crippen MR) is 106 cm³/mol. The van der Waals surface area contributed by atoms with E-state index in [-0.39, 0.29) is 5.91 Å². The van der Waals surface area contributed by atoms with Crippen LogP contribution in [0.5, 0.6) is 5.75 Å². The van der Waals surface area contributed by atoms with Crippen LogP contribution in [0.3, 0.4) is 0 Å². The Morgan fingerprint density at radius 1 is 0.923 bits per heavy atom. The first kappa shape index (κ1) is 17.7. The maximum atomic E-state index is 12.5. The molecular weight excluding hydrogens is 322 g/mol. The van der Waals surface area contributed by atoms with E-state index < -0.39 is 0 Å². The normalized spacial score (nSPS) is 10.4. The highest BCUT2D eigenvalue weighted by atomic mass is 16.5. The number of amides is 1. The van der Waals surface area contributed by atoms with E-state index in [1.165, 1.54) is 11.1 Å². The number of benzene rings is 3. The second-order valence-corrected chi connectivity index (χ2v) is 6.38. The molecule has 3 nitrogen and oxygen atoms in total. The van der Waals surface area contributed by atoms with Crippen molar-refractivity contribution in [2.24, 2.45) is 0 Å². The number of ether oxygens (including phenoxy) is 1. The molecule has 3 aromatic rings. The van der Waals surface area contributed by atoms with Crippen LogP contribution in [0.4, 0.5) is 5.69 Å². The van der Waals surface area contributed by atoms with E-state index in [1.807, 2.05) is 56.3 Å². The lowest BCUT2D eigenvalue weighted by atomic mass is 10.1. The molecule has 1 N–H and O–H groups in total. The summed E-state index contributed by atoms with van der Waals surface area (Å²) in [6, 6.07) is 23.5. The van der Waals surface area contributed by atoms with Crippen LogP contribution in [0.2, 0.25) is 0 Å². The smallest absolute Gasteiger partial charge is 0.255 e. The molecule has 3 aromatic carbocycles. The third-order valence-corrected chi connectivity index (χ3v) is 4.23. The lowest BCUT2D eigenvalue weighted by Crippen LogP contribution is -2.13. The topological polar surface area (TPSA) is 38.3 Å². The lowest BCUT2D eigenvalue weighted by Gasteiger charge is -2.11. The Morgan fingerprint density at radius 3 is 2.50 bits per heavy atom. The first-order valence-electron chi connectivity index (χ1n) is 8.77. The van der Waals surface area contributed by atoms with Crippen molar-refractivity contribution in [1.82, 2.24) is 0 Å². The third-order valence-electron chi connectivity index (χ3n) is 4.23. The number of hydrogen-bond donors (Lipinski definition) is 1. The number of anilines is 1. The van der Waals surface area contributed by atoms with E-state index >= 15 is 0 Å². The Kier molecular flexibility index (Phi) is 5.69. The Hall–Kier alpha value is -3.07. The average molecular weight is 345 g/mol. The van der Waals surface area contributed by atoms with Gasteiger partial charge in [0.15, 0.2) is 0 Å². The standard InChI is InChI=1S/C23H23NO2/c1-17-11-12-22(18(2)15-17)24-23(25)20-9-6-10-21(16-20)26-14-13-19-7-4-3-5-8-19/h3-12,15-16H,13-14H2,1-2H3,(H,24,25). The van der Waals surface area contributed by atoms with Gasteiger partial charge in [-0.25, -0.2) is 0 Å². The van der Waals surface area contributed by atoms with Crippen LogP contribution in [0, 0.1) is 13.8 Å². The molecule has 0 aliphatic rings. The Morgan fingerprint density at radius 2 is 1.73 bits per heavy atom. The van der Waals surface area contributed by atoms with Crippen LogP contribution in [0.25, 0.3) is 0 Å². The van der Waals surface area contributed by atoms with Crippen molar-refractivity contribution in [2.75, 3.05) is 11.9 Å². The molecule has 0 fully saturated rings. The molecule has 1 amide bonds. The fourth-order valence-corrected chi connectivity index (χ4v) is 2.81. The Bertz CT molecular complexity index is 888. The maximum absolute atomic E-state index is 12.5. The molecule has 132 valence electrons. The molecule has 0 aliphatic heterocycles. The van der Waals surface area contributed by atoms with Crippen molar-refractivity contribution in [1.29, 1.82) is 0 Å². The number of nitrogens with one attached hydrogen (secondary N) is 1. The van der Waals surface area contributed by atoms with E-state index in [0.717, 1.165) is 17.7 Å². The summed E-state index contributed by atoms with van der Waals surface area (Å²) in [5.41, 5.74) is 4.87. The zero-order valence-electron chi connectivity index (χ0n) is 15.2. The molecule has 0 heterocycles. The van der Waals surface area contributed by atoms with Gasteiger partial charge < -0.3 is 10.1 Å². The van der Waals surface area contributed by atoms with Gasteiger partial charge >= 0.3 is 0 Å². The van der Waals surface area contributed by atoms with Crippen molar-refractivity contribution < 1.29 is 9.53 Å². The highest BCUT2D eigenvalue weighted by Gasteiger charge is 2.09. The van der Waals surface area contributed by atoms with Gasteiger partial charge in [-0.3, -0.25) is 4.79 Å². The highest BCUT2D eigenvalue weighted by Crippen LogP contribution is 2.19. The van der Waals surface area contributed by atoms with Crippen LogP contribution in [-0.4, -0.2) is 12.5 Å². The number of aryl methyl sites for hydroxylation is 2. The molecule has 0 aromatic heterocycles. The molecule has 0 bridgehead atoms. The van der Waals surface area contributed by atoms with Gasteiger partial charge in [0.05, 0.1) is 6.61 Å². The maximum Gasteiger partial charge on any atom is 0.255 e. The van der Waals surface area contributed by atoms with Gasteiger partial charge in [0.25, 0.3) is 5.91 Å². The predicted octanol–water partition coefficient (Wildman–Crippen LogP) is 5.18. The Labute approximate surface area is 154 Å². The molecule has 3 heteroatoms. The SMILES string of the molecule is Cc1ccc(NC(=O)c2cccc(OCCc3ccccc3)c2)c(C)c1. The second kappa shape index (κ2) is 8.34. The van der Waals surface area contributed by atoms with Gasteiger partial charge in [0, 0.05) is 17.7 Å². The van der Waals surface area contributed by atoms with Crippen molar-refractivity contribution in [2.45, 2.75) is 20.3 Å². The van der Waals surface area contributed by atoms with Gasteiger partial charge in [0.1, 0.15) is 5.75 Å². The summed E-state index contributed by atoms with van der Waals surface area (Å²) in [4.78, 5) is 12.5. The van der Waals surface area contributed by atoms with Crippen LogP contribution >= 0.6 is 0 Å². The highest BCUT2D eigenvalue weighted by molar-refractivity contribution is 6.04. The fraction of sp³-hybridized carbons (Fsp3) is 0.174. The molecule has 0 saturated carbocycles. The minimum Gasteiger partial charge on any atom is -0.493 e. The summed E-state index contributed by atoms with van der Waals surface area (Å²) in [7, 11) is 0. The summed E-state index contributed by atoms with van der Waals surface area (Å²) >= 11 is 0. The summed E-state index contributed by atoms with van der Waals surface area (Å²) in [6.07, 6.45) is 0.833. The molecular formula is C23H23NO2. The summed E-state index contributed by atoms with van der Waals surface area (Å²) in [5.74, 6) is 0.569. The number of carbonyl (C=O) groups excluding carboxylic acids is 1. The first-order chi connectivity index (χ1) is 12.6. The number of hydrogen-bond acceptors (Lipinski definition) is 2.